The minimum atomic E-state index is -0.138. The molecule has 0 fully saturated rings. The van der Waals surface area contributed by atoms with Crippen LogP contribution in [0, 0.1) is 0 Å². The number of nitrogens with two attached hydrogens (primary N) is 1. The minimum absolute atomic E-state index is 0.138. The summed E-state index contributed by atoms with van der Waals surface area (Å²) >= 11 is 1.79. The summed E-state index contributed by atoms with van der Waals surface area (Å²) in [5, 5.41) is 0.467. The summed E-state index contributed by atoms with van der Waals surface area (Å²) in [6.07, 6.45) is 3.72. The molecule has 0 heterocycles. The summed E-state index contributed by atoms with van der Waals surface area (Å²) in [5.74, 6) is 0.671. The molecule has 0 saturated heterocycles. The number of hydrogen-bond acceptors (Lipinski definition) is 4. The van der Waals surface area contributed by atoms with E-state index in [9.17, 15) is 4.79 Å². The first-order chi connectivity index (χ1) is 7.15. The van der Waals surface area contributed by atoms with Crippen LogP contribution in [0.15, 0.2) is 0 Å². The van der Waals surface area contributed by atoms with E-state index in [-0.39, 0.29) is 12.0 Å². The molecule has 0 aromatic carbocycles. The molecule has 3 nitrogen and oxygen atoms in total. The van der Waals surface area contributed by atoms with E-state index < -0.39 is 0 Å². The monoisotopic (exact) mass is 233 g/mol. The third-order valence-electron chi connectivity index (χ3n) is 2.37. The van der Waals surface area contributed by atoms with Crippen LogP contribution >= 0.6 is 11.8 Å². The first-order valence-electron chi connectivity index (χ1n) is 5.59. The summed E-state index contributed by atoms with van der Waals surface area (Å²) in [5.41, 5.74) is 6.05. The van der Waals surface area contributed by atoms with Crippen LogP contribution in [0.1, 0.15) is 39.5 Å². The largest absolute Gasteiger partial charge is 0.469 e. The van der Waals surface area contributed by atoms with Crippen molar-refractivity contribution in [1.29, 1.82) is 0 Å². The lowest BCUT2D eigenvalue weighted by Gasteiger charge is -2.21. The Hall–Kier alpha value is -0.220. The van der Waals surface area contributed by atoms with E-state index in [1.54, 1.807) is 11.8 Å². The smallest absolute Gasteiger partial charge is 0.306 e. The van der Waals surface area contributed by atoms with E-state index in [0.29, 0.717) is 11.7 Å². The fraction of sp³-hybridized carbons (Fsp3) is 0.909. The van der Waals surface area contributed by atoms with Gasteiger partial charge in [-0.25, -0.2) is 0 Å². The van der Waals surface area contributed by atoms with Gasteiger partial charge in [-0.3, -0.25) is 4.79 Å². The van der Waals surface area contributed by atoms with Gasteiger partial charge in [-0.15, -0.1) is 0 Å². The summed E-state index contributed by atoms with van der Waals surface area (Å²) in [4.78, 5) is 10.9. The molecule has 0 radical (unpaired) electrons. The van der Waals surface area contributed by atoms with Crippen molar-refractivity contribution < 1.29 is 9.53 Å². The molecule has 90 valence electrons. The van der Waals surface area contributed by atoms with Gasteiger partial charge in [0.15, 0.2) is 0 Å². The van der Waals surface area contributed by atoms with Crippen LogP contribution < -0.4 is 5.73 Å². The number of carbonyl (C=O) groups excluding carboxylic acids is 1. The van der Waals surface area contributed by atoms with E-state index >= 15 is 0 Å². The highest BCUT2D eigenvalue weighted by molar-refractivity contribution is 7.99. The van der Waals surface area contributed by atoms with Crippen molar-refractivity contribution >= 4 is 17.7 Å². The Morgan fingerprint density at radius 1 is 1.47 bits per heavy atom. The number of methoxy groups -OCH3 is 1. The second kappa shape index (κ2) is 9.04. The molecule has 0 saturated carbocycles. The Labute approximate surface area is 97.1 Å². The topological polar surface area (TPSA) is 52.3 Å². The Morgan fingerprint density at radius 3 is 2.60 bits per heavy atom. The van der Waals surface area contributed by atoms with Crippen LogP contribution in [-0.2, 0) is 9.53 Å². The van der Waals surface area contributed by atoms with E-state index in [1.807, 2.05) is 0 Å². The van der Waals surface area contributed by atoms with Gasteiger partial charge in [0.25, 0.3) is 0 Å². The molecule has 0 bridgehead atoms. The van der Waals surface area contributed by atoms with Crippen molar-refractivity contribution in [2.24, 2.45) is 5.73 Å². The van der Waals surface area contributed by atoms with Crippen LogP contribution in [-0.4, -0.2) is 30.1 Å². The molecule has 2 N–H and O–H groups in total. The quantitative estimate of drug-likeness (QED) is 0.653. The van der Waals surface area contributed by atoms with Gasteiger partial charge in [0.1, 0.15) is 0 Å². The Bertz CT molecular complexity index is 176. The number of hydrogen-bond donors (Lipinski definition) is 1. The van der Waals surface area contributed by atoms with Crippen LogP contribution in [0.2, 0.25) is 0 Å². The standard InChI is InChI=1S/C11H23NO2S/c1-4-6-9(12)10(5-2)15-8-7-11(13)14-3/h9-10H,4-8,12H2,1-3H3. The Balaban J connectivity index is 3.74. The van der Waals surface area contributed by atoms with E-state index in [1.165, 1.54) is 7.11 Å². The highest BCUT2D eigenvalue weighted by Gasteiger charge is 2.15. The molecule has 0 aliphatic rings. The number of esters is 1. The van der Waals surface area contributed by atoms with Crippen molar-refractivity contribution in [3.63, 3.8) is 0 Å². The van der Waals surface area contributed by atoms with E-state index in [2.05, 4.69) is 18.6 Å². The van der Waals surface area contributed by atoms with Crippen molar-refractivity contribution in [1.82, 2.24) is 0 Å². The van der Waals surface area contributed by atoms with Crippen molar-refractivity contribution in [3.05, 3.63) is 0 Å². The van der Waals surface area contributed by atoms with Crippen LogP contribution in [0.3, 0.4) is 0 Å². The lowest BCUT2D eigenvalue weighted by atomic mass is 10.1. The molecule has 15 heavy (non-hydrogen) atoms. The predicted molar refractivity (Wildman–Crippen MR) is 66.1 cm³/mol. The van der Waals surface area contributed by atoms with Gasteiger partial charge < -0.3 is 10.5 Å². The molecular weight excluding hydrogens is 210 g/mol. The predicted octanol–water partition coefficient (Wildman–Crippen LogP) is 2.19. The average Bonchev–Trinajstić information content (AvgIpc) is 2.24. The van der Waals surface area contributed by atoms with Gasteiger partial charge in [-0.1, -0.05) is 20.3 Å². The molecule has 0 spiro atoms. The first kappa shape index (κ1) is 14.8. The van der Waals surface area contributed by atoms with Gasteiger partial charge in [0, 0.05) is 17.0 Å². The Morgan fingerprint density at radius 2 is 2.13 bits per heavy atom. The maximum atomic E-state index is 10.9. The lowest BCUT2D eigenvalue weighted by molar-refractivity contribution is -0.140. The fourth-order valence-electron chi connectivity index (χ4n) is 1.46. The number of ether oxygens (including phenoxy) is 1. The molecule has 0 amide bonds. The summed E-state index contributed by atoms with van der Waals surface area (Å²) in [6.45, 7) is 4.29. The normalized spacial score (nSPS) is 14.7. The fourth-order valence-corrected chi connectivity index (χ4v) is 2.67. The SMILES string of the molecule is CCCC(N)C(CC)SCCC(=O)OC. The highest BCUT2D eigenvalue weighted by atomic mass is 32.2. The summed E-state index contributed by atoms with van der Waals surface area (Å²) < 4.78 is 4.59. The second-order valence-electron chi connectivity index (χ2n) is 3.60. The average molecular weight is 233 g/mol. The molecule has 2 atom stereocenters. The summed E-state index contributed by atoms with van der Waals surface area (Å²) in [7, 11) is 1.42. The second-order valence-corrected chi connectivity index (χ2v) is 4.94. The zero-order chi connectivity index (χ0) is 11.7. The van der Waals surface area contributed by atoms with Crippen LogP contribution in [0.5, 0.6) is 0 Å². The lowest BCUT2D eigenvalue weighted by Crippen LogP contribution is -2.32. The maximum Gasteiger partial charge on any atom is 0.306 e. The number of rotatable bonds is 8. The zero-order valence-corrected chi connectivity index (χ0v) is 10.8. The third-order valence-corrected chi connectivity index (χ3v) is 3.92. The molecule has 0 rings (SSSR count). The molecule has 0 aromatic heterocycles. The zero-order valence-electron chi connectivity index (χ0n) is 9.99. The van der Waals surface area contributed by atoms with Gasteiger partial charge >= 0.3 is 5.97 Å². The summed E-state index contributed by atoms with van der Waals surface area (Å²) in [6, 6.07) is 0.252. The van der Waals surface area contributed by atoms with Gasteiger partial charge in [-0.05, 0) is 12.8 Å². The van der Waals surface area contributed by atoms with Gasteiger partial charge in [0.2, 0.25) is 0 Å². The van der Waals surface area contributed by atoms with Crippen molar-refractivity contribution in [2.75, 3.05) is 12.9 Å². The molecule has 0 aliphatic carbocycles. The van der Waals surface area contributed by atoms with Crippen molar-refractivity contribution in [3.8, 4) is 0 Å². The van der Waals surface area contributed by atoms with Gasteiger partial charge in [-0.2, -0.15) is 11.8 Å². The van der Waals surface area contributed by atoms with Crippen molar-refractivity contribution in [2.45, 2.75) is 50.8 Å². The van der Waals surface area contributed by atoms with E-state index in [4.69, 9.17) is 5.73 Å². The molecule has 0 aliphatic heterocycles. The Kier molecular flexibility index (Phi) is 8.91. The van der Waals surface area contributed by atoms with Crippen LogP contribution in [0.4, 0.5) is 0 Å². The molecule has 2 unspecified atom stereocenters. The van der Waals surface area contributed by atoms with Crippen LogP contribution in [0.25, 0.3) is 0 Å². The molecule has 4 heteroatoms. The number of thioether (sulfide) groups is 1. The highest BCUT2D eigenvalue weighted by Crippen LogP contribution is 2.20. The molecule has 0 aromatic rings. The molecular formula is C11H23NO2S. The maximum absolute atomic E-state index is 10.9. The third kappa shape index (κ3) is 6.79. The van der Waals surface area contributed by atoms with Gasteiger partial charge in [0.05, 0.1) is 13.5 Å². The van der Waals surface area contributed by atoms with E-state index in [0.717, 1.165) is 25.0 Å². The minimum Gasteiger partial charge on any atom is -0.469 e. The number of carbonyl (C=O) groups is 1. The first-order valence-corrected chi connectivity index (χ1v) is 6.64.